The highest BCUT2D eigenvalue weighted by atomic mass is 16.6. The Morgan fingerprint density at radius 3 is 2.67 bits per heavy atom. The Labute approximate surface area is 106 Å². The largest absolute Gasteiger partial charge is 0.347 e. The van der Waals surface area contributed by atoms with Crippen molar-refractivity contribution in [2.24, 2.45) is 0 Å². The van der Waals surface area contributed by atoms with Gasteiger partial charge in [-0.05, 0) is 30.4 Å². The Kier molecular flexibility index (Phi) is 4.34. The summed E-state index contributed by atoms with van der Waals surface area (Å²) in [5.74, 6) is 0. The minimum absolute atomic E-state index is 0.104. The molecular weight excluding hydrogens is 228 g/mol. The Hall–Kier alpha value is -1.84. The maximum Gasteiger partial charge on any atom is 0.203 e. The number of rotatable bonds is 7. The molecule has 4 heteroatoms. The summed E-state index contributed by atoms with van der Waals surface area (Å²) in [6.45, 7) is 1.10. The van der Waals surface area contributed by atoms with E-state index in [2.05, 4.69) is 35.0 Å². The Bertz CT molecular complexity index is 519. The van der Waals surface area contributed by atoms with Crippen LogP contribution in [0.3, 0.4) is 0 Å². The van der Waals surface area contributed by atoms with Crippen LogP contribution in [0.2, 0.25) is 0 Å². The van der Waals surface area contributed by atoms with E-state index in [-0.39, 0.29) is 11.5 Å². The van der Waals surface area contributed by atoms with Crippen LogP contribution < -0.4 is 0 Å². The van der Waals surface area contributed by atoms with Gasteiger partial charge in [0.15, 0.2) is 0 Å². The Balaban J connectivity index is 1.75. The van der Waals surface area contributed by atoms with Crippen LogP contribution in [0.4, 0.5) is 0 Å². The van der Waals surface area contributed by atoms with Crippen molar-refractivity contribution in [2.75, 3.05) is 6.54 Å². The lowest BCUT2D eigenvalue weighted by molar-refractivity contribution is -0.480. The average Bonchev–Trinajstić information content (AvgIpc) is 2.77. The van der Waals surface area contributed by atoms with Crippen LogP contribution in [0.25, 0.3) is 10.9 Å². The molecule has 4 nitrogen and oxygen atoms in total. The molecule has 0 saturated heterocycles. The molecule has 0 fully saturated rings. The highest BCUT2D eigenvalue weighted by Crippen LogP contribution is 2.16. The summed E-state index contributed by atoms with van der Waals surface area (Å²) < 4.78 is 2.25. The monoisotopic (exact) mass is 246 g/mol. The van der Waals surface area contributed by atoms with E-state index in [1.54, 1.807) is 0 Å². The maximum absolute atomic E-state index is 10.2. The zero-order valence-electron chi connectivity index (χ0n) is 10.4. The van der Waals surface area contributed by atoms with Crippen LogP contribution in [0.5, 0.6) is 0 Å². The van der Waals surface area contributed by atoms with Gasteiger partial charge in [0.2, 0.25) is 6.54 Å². The van der Waals surface area contributed by atoms with E-state index in [4.69, 9.17) is 0 Å². The molecule has 2 rings (SSSR count). The highest BCUT2D eigenvalue weighted by Gasteiger charge is 2.00. The van der Waals surface area contributed by atoms with E-state index in [0.29, 0.717) is 6.42 Å². The van der Waals surface area contributed by atoms with Gasteiger partial charge in [-0.1, -0.05) is 24.6 Å². The first-order valence-corrected chi connectivity index (χ1v) is 6.43. The Morgan fingerprint density at radius 2 is 1.83 bits per heavy atom. The smallest absolute Gasteiger partial charge is 0.203 e. The molecule has 1 heterocycles. The molecule has 0 radical (unpaired) electrons. The topological polar surface area (TPSA) is 48.1 Å². The lowest BCUT2D eigenvalue weighted by Crippen LogP contribution is -2.00. The summed E-state index contributed by atoms with van der Waals surface area (Å²) in [6, 6.07) is 10.5. The predicted molar refractivity (Wildman–Crippen MR) is 72.3 cm³/mol. The van der Waals surface area contributed by atoms with Crippen molar-refractivity contribution in [1.82, 2.24) is 4.57 Å². The van der Waals surface area contributed by atoms with Crippen molar-refractivity contribution in [2.45, 2.75) is 32.2 Å². The lowest BCUT2D eigenvalue weighted by Gasteiger charge is -2.04. The second-order valence-electron chi connectivity index (χ2n) is 4.54. The first kappa shape index (κ1) is 12.6. The summed E-state index contributed by atoms with van der Waals surface area (Å²) >= 11 is 0. The number of unbranched alkanes of at least 4 members (excludes halogenated alkanes) is 3. The average molecular weight is 246 g/mol. The van der Waals surface area contributed by atoms with E-state index in [9.17, 15) is 10.1 Å². The number of fused-ring (bicyclic) bond motifs is 1. The molecule has 96 valence electrons. The van der Waals surface area contributed by atoms with Crippen LogP contribution in [-0.2, 0) is 6.54 Å². The predicted octanol–water partition coefficient (Wildman–Crippen LogP) is 3.48. The van der Waals surface area contributed by atoms with Gasteiger partial charge in [0.25, 0.3) is 0 Å². The second kappa shape index (κ2) is 6.19. The fraction of sp³-hybridized carbons (Fsp3) is 0.429. The lowest BCUT2D eigenvalue weighted by atomic mass is 10.2. The van der Waals surface area contributed by atoms with Crippen molar-refractivity contribution in [3.05, 3.63) is 46.6 Å². The molecule has 1 aromatic carbocycles. The molecule has 0 atom stereocenters. The molecule has 0 amide bonds. The third-order valence-corrected chi connectivity index (χ3v) is 3.17. The van der Waals surface area contributed by atoms with E-state index < -0.39 is 0 Å². The van der Waals surface area contributed by atoms with Crippen LogP contribution in [-0.4, -0.2) is 16.0 Å². The standard InChI is InChI=1S/C14H18N2O2/c17-16(18)11-6-2-1-5-10-15-12-9-13-7-3-4-8-14(13)15/h3-4,7-9,12H,1-2,5-6,10-11H2. The summed E-state index contributed by atoms with van der Waals surface area (Å²) in [4.78, 5) is 9.93. The van der Waals surface area contributed by atoms with Crippen molar-refractivity contribution < 1.29 is 4.92 Å². The van der Waals surface area contributed by atoms with Crippen molar-refractivity contribution in [1.29, 1.82) is 0 Å². The summed E-state index contributed by atoms with van der Waals surface area (Å²) in [6.07, 6.45) is 5.89. The van der Waals surface area contributed by atoms with Gasteiger partial charge < -0.3 is 4.57 Å². The van der Waals surface area contributed by atoms with E-state index in [1.807, 2.05) is 6.07 Å². The van der Waals surface area contributed by atoms with Gasteiger partial charge in [-0.3, -0.25) is 10.1 Å². The number of aromatic nitrogens is 1. The third kappa shape index (κ3) is 3.32. The summed E-state index contributed by atoms with van der Waals surface area (Å²) in [5, 5.41) is 11.4. The van der Waals surface area contributed by atoms with Gasteiger partial charge >= 0.3 is 0 Å². The number of benzene rings is 1. The number of para-hydroxylation sites is 1. The Morgan fingerprint density at radius 1 is 1.06 bits per heavy atom. The first-order chi connectivity index (χ1) is 8.77. The zero-order chi connectivity index (χ0) is 12.8. The molecule has 0 saturated carbocycles. The minimum Gasteiger partial charge on any atom is -0.347 e. The van der Waals surface area contributed by atoms with Gasteiger partial charge in [-0.25, -0.2) is 0 Å². The molecule has 0 N–H and O–H groups in total. The van der Waals surface area contributed by atoms with Crippen LogP contribution in [0, 0.1) is 10.1 Å². The normalized spacial score (nSPS) is 10.9. The fourth-order valence-corrected chi connectivity index (χ4v) is 2.21. The van der Waals surface area contributed by atoms with Gasteiger partial charge in [0.1, 0.15) is 0 Å². The molecule has 2 aromatic rings. The molecule has 18 heavy (non-hydrogen) atoms. The van der Waals surface area contributed by atoms with Gasteiger partial charge in [-0.2, -0.15) is 0 Å². The number of nitrogens with zero attached hydrogens (tertiary/aromatic N) is 2. The van der Waals surface area contributed by atoms with Crippen LogP contribution >= 0.6 is 0 Å². The first-order valence-electron chi connectivity index (χ1n) is 6.43. The molecule has 1 aromatic heterocycles. The van der Waals surface area contributed by atoms with Crippen molar-refractivity contribution in [3.63, 3.8) is 0 Å². The minimum atomic E-state index is -0.237. The van der Waals surface area contributed by atoms with Crippen molar-refractivity contribution >= 4 is 10.9 Å². The van der Waals surface area contributed by atoms with E-state index in [0.717, 1.165) is 25.8 Å². The van der Waals surface area contributed by atoms with Gasteiger partial charge in [0.05, 0.1) is 0 Å². The maximum atomic E-state index is 10.2. The molecule has 0 aliphatic heterocycles. The van der Waals surface area contributed by atoms with E-state index >= 15 is 0 Å². The highest BCUT2D eigenvalue weighted by molar-refractivity contribution is 5.79. The number of hydrogen-bond donors (Lipinski definition) is 0. The number of hydrogen-bond acceptors (Lipinski definition) is 2. The SMILES string of the molecule is O=[N+]([O-])CCCCCCn1ccc2ccccc21. The third-order valence-electron chi connectivity index (χ3n) is 3.17. The fourth-order valence-electron chi connectivity index (χ4n) is 2.21. The quantitative estimate of drug-likeness (QED) is 0.426. The summed E-state index contributed by atoms with van der Waals surface area (Å²) in [5.41, 5.74) is 1.27. The van der Waals surface area contributed by atoms with Gasteiger partial charge in [-0.15, -0.1) is 0 Å². The van der Waals surface area contributed by atoms with E-state index in [1.165, 1.54) is 10.9 Å². The summed E-state index contributed by atoms with van der Waals surface area (Å²) in [7, 11) is 0. The molecule has 0 aliphatic rings. The zero-order valence-corrected chi connectivity index (χ0v) is 10.4. The number of nitro groups is 1. The molecule has 0 unspecified atom stereocenters. The number of aryl methyl sites for hydroxylation is 1. The van der Waals surface area contributed by atoms with Gasteiger partial charge in [0, 0.05) is 29.6 Å². The molecule has 0 aliphatic carbocycles. The van der Waals surface area contributed by atoms with Crippen LogP contribution in [0.1, 0.15) is 25.7 Å². The molecular formula is C14H18N2O2. The molecule has 0 spiro atoms. The molecule has 0 bridgehead atoms. The van der Waals surface area contributed by atoms with Crippen LogP contribution in [0.15, 0.2) is 36.5 Å². The second-order valence-corrected chi connectivity index (χ2v) is 4.54. The van der Waals surface area contributed by atoms with Crippen molar-refractivity contribution in [3.8, 4) is 0 Å².